The monoisotopic (exact) mass is 343 g/mol. The van der Waals surface area contributed by atoms with Crippen LogP contribution in [0.2, 0.25) is 0 Å². The first-order valence-corrected chi connectivity index (χ1v) is 8.58. The molecule has 0 spiro atoms. The molecule has 1 aliphatic rings. The molecule has 0 amide bonds. The van der Waals surface area contributed by atoms with Crippen molar-refractivity contribution in [1.82, 2.24) is 5.32 Å². The minimum absolute atomic E-state index is 0.104. The molecule has 1 aromatic carbocycles. The molecule has 2 nitrogen and oxygen atoms in total. The lowest BCUT2D eigenvalue weighted by Gasteiger charge is -2.32. The van der Waals surface area contributed by atoms with Gasteiger partial charge in [0.2, 0.25) is 0 Å². The van der Waals surface area contributed by atoms with E-state index in [0.717, 1.165) is 25.6 Å². The van der Waals surface area contributed by atoms with E-state index < -0.39 is 11.7 Å². The molecule has 0 radical (unpaired) electrons. The van der Waals surface area contributed by atoms with Crippen LogP contribution >= 0.6 is 0 Å². The van der Waals surface area contributed by atoms with Gasteiger partial charge >= 0.3 is 6.18 Å². The van der Waals surface area contributed by atoms with Crippen molar-refractivity contribution in [3.8, 4) is 0 Å². The number of benzene rings is 1. The molecule has 24 heavy (non-hydrogen) atoms. The van der Waals surface area contributed by atoms with Gasteiger partial charge in [-0.05, 0) is 36.8 Å². The summed E-state index contributed by atoms with van der Waals surface area (Å²) in [6, 6.07) is 5.71. The van der Waals surface area contributed by atoms with Crippen LogP contribution in [0.3, 0.4) is 0 Å². The molecular weight excluding hydrogens is 315 g/mol. The molecule has 1 N–H and O–H groups in total. The van der Waals surface area contributed by atoms with Gasteiger partial charge in [-0.3, -0.25) is 0 Å². The van der Waals surface area contributed by atoms with Crippen molar-refractivity contribution in [1.29, 1.82) is 0 Å². The summed E-state index contributed by atoms with van der Waals surface area (Å²) in [6.45, 7) is 10.2. The van der Waals surface area contributed by atoms with Crippen molar-refractivity contribution in [2.75, 3.05) is 13.2 Å². The topological polar surface area (TPSA) is 21.3 Å². The van der Waals surface area contributed by atoms with Gasteiger partial charge < -0.3 is 10.1 Å². The molecule has 2 rings (SSSR count). The Morgan fingerprint density at radius 3 is 2.58 bits per heavy atom. The number of halogens is 3. The maximum Gasteiger partial charge on any atom is 0.416 e. The standard InChI is InChI=1S/C19H28F3NO/c1-13(10-14-6-5-7-16(11-14)19(20,21)22)23-12-15-8-9-24-17(15)18(2,3)4/h5-7,11,13,15,17,23H,8-10,12H2,1-4H3/t13-,15+,17-/m0/s1. The third-order valence-corrected chi connectivity index (χ3v) is 4.59. The Balaban J connectivity index is 1.89. The molecule has 0 aliphatic carbocycles. The van der Waals surface area contributed by atoms with E-state index in [-0.39, 0.29) is 17.6 Å². The average molecular weight is 343 g/mol. The third kappa shape index (κ3) is 5.21. The number of nitrogens with one attached hydrogen (secondary N) is 1. The van der Waals surface area contributed by atoms with E-state index in [0.29, 0.717) is 17.9 Å². The molecule has 1 fully saturated rings. The predicted molar refractivity (Wildman–Crippen MR) is 89.9 cm³/mol. The molecule has 0 unspecified atom stereocenters. The first-order valence-electron chi connectivity index (χ1n) is 8.58. The van der Waals surface area contributed by atoms with Gasteiger partial charge in [0.15, 0.2) is 0 Å². The largest absolute Gasteiger partial charge is 0.416 e. The fourth-order valence-corrected chi connectivity index (χ4v) is 3.45. The summed E-state index contributed by atoms with van der Waals surface area (Å²) in [5.74, 6) is 0.453. The van der Waals surface area contributed by atoms with Gasteiger partial charge in [-0.2, -0.15) is 13.2 Å². The summed E-state index contributed by atoms with van der Waals surface area (Å²) in [5.41, 5.74) is 0.233. The van der Waals surface area contributed by atoms with Crippen molar-refractivity contribution in [3.63, 3.8) is 0 Å². The maximum absolute atomic E-state index is 12.8. The number of rotatable bonds is 5. The molecule has 0 saturated carbocycles. The Hall–Kier alpha value is -1.07. The molecule has 1 saturated heterocycles. The number of hydrogen-bond donors (Lipinski definition) is 1. The normalized spacial score (nSPS) is 23.5. The Morgan fingerprint density at radius 2 is 1.96 bits per heavy atom. The van der Waals surface area contributed by atoms with Gasteiger partial charge in [0.1, 0.15) is 0 Å². The van der Waals surface area contributed by atoms with Crippen LogP contribution < -0.4 is 5.32 Å². The first-order chi connectivity index (χ1) is 11.1. The SMILES string of the molecule is C[C@@H](Cc1cccc(C(F)(F)F)c1)NC[C@H]1CCO[C@@H]1C(C)(C)C. The van der Waals surface area contributed by atoms with Crippen molar-refractivity contribution >= 4 is 0 Å². The zero-order valence-electron chi connectivity index (χ0n) is 14.9. The average Bonchev–Trinajstić information content (AvgIpc) is 2.93. The summed E-state index contributed by atoms with van der Waals surface area (Å²) in [6.07, 6.45) is -2.44. The van der Waals surface area contributed by atoms with Crippen molar-refractivity contribution in [3.05, 3.63) is 35.4 Å². The van der Waals surface area contributed by atoms with Crippen LogP contribution in [0.4, 0.5) is 13.2 Å². The molecule has 0 bridgehead atoms. The lowest BCUT2D eigenvalue weighted by Crippen LogP contribution is -2.40. The Labute approximate surface area is 142 Å². The van der Waals surface area contributed by atoms with Crippen LogP contribution in [0.15, 0.2) is 24.3 Å². The first kappa shape index (κ1) is 19.3. The zero-order valence-corrected chi connectivity index (χ0v) is 14.9. The van der Waals surface area contributed by atoms with Crippen molar-refractivity contribution < 1.29 is 17.9 Å². The number of hydrogen-bond acceptors (Lipinski definition) is 2. The van der Waals surface area contributed by atoms with Crippen molar-refractivity contribution in [2.45, 2.75) is 58.9 Å². The van der Waals surface area contributed by atoms with E-state index in [2.05, 4.69) is 26.1 Å². The van der Waals surface area contributed by atoms with Crippen LogP contribution in [0.5, 0.6) is 0 Å². The quantitative estimate of drug-likeness (QED) is 0.838. The Kier molecular flexibility index (Phi) is 5.97. The lowest BCUT2D eigenvalue weighted by atomic mass is 9.81. The highest BCUT2D eigenvalue weighted by atomic mass is 19.4. The van der Waals surface area contributed by atoms with Gasteiger partial charge in [-0.25, -0.2) is 0 Å². The zero-order chi connectivity index (χ0) is 18.0. The van der Waals surface area contributed by atoms with E-state index in [9.17, 15) is 13.2 Å². The third-order valence-electron chi connectivity index (χ3n) is 4.59. The van der Waals surface area contributed by atoms with Crippen LogP contribution in [0, 0.1) is 11.3 Å². The fourth-order valence-electron chi connectivity index (χ4n) is 3.45. The van der Waals surface area contributed by atoms with Gasteiger partial charge in [0.25, 0.3) is 0 Å². The highest BCUT2D eigenvalue weighted by molar-refractivity contribution is 5.26. The molecule has 1 aromatic rings. The van der Waals surface area contributed by atoms with Crippen LogP contribution in [-0.4, -0.2) is 25.3 Å². The Bertz CT molecular complexity index is 536. The molecule has 1 heterocycles. The fraction of sp³-hybridized carbons (Fsp3) is 0.684. The predicted octanol–water partition coefficient (Wildman–Crippen LogP) is 4.68. The van der Waals surface area contributed by atoms with E-state index in [1.165, 1.54) is 12.1 Å². The second kappa shape index (κ2) is 7.44. The van der Waals surface area contributed by atoms with E-state index in [1.54, 1.807) is 6.07 Å². The van der Waals surface area contributed by atoms with Crippen LogP contribution in [-0.2, 0) is 17.3 Å². The second-order valence-electron chi connectivity index (χ2n) is 7.92. The van der Waals surface area contributed by atoms with E-state index >= 15 is 0 Å². The van der Waals surface area contributed by atoms with E-state index in [1.807, 2.05) is 6.92 Å². The van der Waals surface area contributed by atoms with Gasteiger partial charge in [0, 0.05) is 25.1 Å². The number of alkyl halides is 3. The molecule has 0 aromatic heterocycles. The van der Waals surface area contributed by atoms with E-state index in [4.69, 9.17) is 4.74 Å². The highest BCUT2D eigenvalue weighted by Gasteiger charge is 2.37. The van der Waals surface area contributed by atoms with Gasteiger partial charge in [-0.1, -0.05) is 39.0 Å². The summed E-state index contributed by atoms with van der Waals surface area (Å²) >= 11 is 0. The van der Waals surface area contributed by atoms with Crippen LogP contribution in [0.1, 0.15) is 45.2 Å². The number of ether oxygens (including phenoxy) is 1. The smallest absolute Gasteiger partial charge is 0.377 e. The molecule has 5 heteroatoms. The summed E-state index contributed by atoms with van der Waals surface area (Å²) in [4.78, 5) is 0. The maximum atomic E-state index is 12.8. The summed E-state index contributed by atoms with van der Waals surface area (Å²) in [5, 5.41) is 3.47. The molecule has 136 valence electrons. The summed E-state index contributed by atoms with van der Waals surface area (Å²) < 4.78 is 44.2. The summed E-state index contributed by atoms with van der Waals surface area (Å²) in [7, 11) is 0. The molecule has 3 atom stereocenters. The Morgan fingerprint density at radius 1 is 1.25 bits per heavy atom. The van der Waals surface area contributed by atoms with Crippen molar-refractivity contribution in [2.24, 2.45) is 11.3 Å². The molecular formula is C19H28F3NO. The van der Waals surface area contributed by atoms with Gasteiger partial charge in [0.05, 0.1) is 11.7 Å². The second-order valence-corrected chi connectivity index (χ2v) is 7.92. The minimum Gasteiger partial charge on any atom is -0.377 e. The molecule has 1 aliphatic heterocycles. The minimum atomic E-state index is -4.28. The van der Waals surface area contributed by atoms with Gasteiger partial charge in [-0.15, -0.1) is 0 Å². The lowest BCUT2D eigenvalue weighted by molar-refractivity contribution is -0.137. The van der Waals surface area contributed by atoms with Crippen LogP contribution in [0.25, 0.3) is 0 Å². The highest BCUT2D eigenvalue weighted by Crippen LogP contribution is 2.34.